The van der Waals surface area contributed by atoms with Crippen molar-refractivity contribution in [3.05, 3.63) is 58.9 Å². The number of amides is 2. The average molecular weight is 446 g/mol. The Kier molecular flexibility index (Phi) is 5.87. The second-order valence-corrected chi connectivity index (χ2v) is 9.52. The zero-order chi connectivity index (χ0) is 22.9. The maximum Gasteiger partial charge on any atom is 0.253 e. The fraction of sp³-hybridized carbons (Fsp3) is 0.462. The van der Waals surface area contributed by atoms with E-state index in [1.807, 2.05) is 39.9 Å². The van der Waals surface area contributed by atoms with E-state index in [4.69, 9.17) is 4.98 Å². The van der Waals surface area contributed by atoms with Crippen molar-refractivity contribution < 1.29 is 9.59 Å². The number of hydrogen-bond donors (Lipinski definition) is 1. The molecular weight excluding hydrogens is 414 g/mol. The molecule has 33 heavy (non-hydrogen) atoms. The van der Waals surface area contributed by atoms with Gasteiger partial charge in [0, 0.05) is 42.9 Å². The Balaban J connectivity index is 1.30. The van der Waals surface area contributed by atoms with Gasteiger partial charge in [-0.2, -0.15) is 5.10 Å². The molecule has 7 nitrogen and oxygen atoms in total. The van der Waals surface area contributed by atoms with Gasteiger partial charge in [0.15, 0.2) is 5.65 Å². The van der Waals surface area contributed by atoms with Gasteiger partial charge in [-0.15, -0.1) is 0 Å². The SMILES string of the molecule is CC(C)n1ncc2c(C(=O)NCc3ccc(C(=O)N4CCCCC4)cc3)cc(C3CC3)nc21. The fourth-order valence-corrected chi connectivity index (χ4v) is 4.51. The number of rotatable bonds is 6. The van der Waals surface area contributed by atoms with E-state index in [1.54, 1.807) is 6.20 Å². The van der Waals surface area contributed by atoms with Gasteiger partial charge in [-0.1, -0.05) is 12.1 Å². The largest absolute Gasteiger partial charge is 0.348 e. The summed E-state index contributed by atoms with van der Waals surface area (Å²) in [5.41, 5.74) is 4.06. The van der Waals surface area contributed by atoms with E-state index < -0.39 is 0 Å². The van der Waals surface area contributed by atoms with E-state index in [0.29, 0.717) is 23.6 Å². The van der Waals surface area contributed by atoms with Gasteiger partial charge in [-0.25, -0.2) is 9.67 Å². The minimum absolute atomic E-state index is 0.0965. The third-order valence-electron chi connectivity index (χ3n) is 6.61. The molecule has 0 bridgehead atoms. The van der Waals surface area contributed by atoms with Crippen LogP contribution >= 0.6 is 0 Å². The Morgan fingerprint density at radius 1 is 1.09 bits per heavy atom. The van der Waals surface area contributed by atoms with Crippen LogP contribution in [0.15, 0.2) is 36.5 Å². The van der Waals surface area contributed by atoms with Crippen LogP contribution in [0.25, 0.3) is 11.0 Å². The first-order chi connectivity index (χ1) is 16.0. The number of carbonyl (C=O) groups is 2. The highest BCUT2D eigenvalue weighted by molar-refractivity contribution is 6.05. The summed E-state index contributed by atoms with van der Waals surface area (Å²) in [5.74, 6) is 0.418. The van der Waals surface area contributed by atoms with Gasteiger partial charge in [-0.3, -0.25) is 9.59 Å². The molecule has 2 aromatic heterocycles. The van der Waals surface area contributed by atoms with E-state index in [0.717, 1.165) is 61.1 Å². The molecular formula is C26H31N5O2. The summed E-state index contributed by atoms with van der Waals surface area (Å²) in [4.78, 5) is 32.6. The van der Waals surface area contributed by atoms with E-state index in [9.17, 15) is 9.59 Å². The number of piperidine rings is 1. The molecule has 1 aliphatic carbocycles. The summed E-state index contributed by atoms with van der Waals surface area (Å²) < 4.78 is 1.88. The maximum absolute atomic E-state index is 13.2. The summed E-state index contributed by atoms with van der Waals surface area (Å²) in [5, 5.41) is 8.31. The first-order valence-corrected chi connectivity index (χ1v) is 12.1. The van der Waals surface area contributed by atoms with Crippen molar-refractivity contribution in [1.82, 2.24) is 25.0 Å². The number of carbonyl (C=O) groups excluding carboxylic acids is 2. The number of hydrogen-bond acceptors (Lipinski definition) is 4. The third kappa shape index (κ3) is 4.49. The quantitative estimate of drug-likeness (QED) is 0.608. The van der Waals surface area contributed by atoms with Crippen molar-refractivity contribution >= 4 is 22.8 Å². The Hall–Kier alpha value is -3.22. The number of nitrogens with one attached hydrogen (secondary N) is 1. The summed E-state index contributed by atoms with van der Waals surface area (Å²) in [6, 6.07) is 9.67. The first-order valence-electron chi connectivity index (χ1n) is 12.1. The van der Waals surface area contributed by atoms with Crippen LogP contribution in [0.5, 0.6) is 0 Å². The van der Waals surface area contributed by atoms with E-state index in [1.165, 1.54) is 6.42 Å². The Bertz CT molecular complexity index is 1170. The Labute approximate surface area is 194 Å². The molecule has 0 spiro atoms. The van der Waals surface area contributed by atoms with Gasteiger partial charge < -0.3 is 10.2 Å². The van der Waals surface area contributed by atoms with Gasteiger partial charge >= 0.3 is 0 Å². The van der Waals surface area contributed by atoms with Gasteiger partial charge in [0.1, 0.15) is 0 Å². The Morgan fingerprint density at radius 2 is 1.82 bits per heavy atom. The molecule has 1 aromatic carbocycles. The Morgan fingerprint density at radius 3 is 2.48 bits per heavy atom. The lowest BCUT2D eigenvalue weighted by Gasteiger charge is -2.26. The van der Waals surface area contributed by atoms with Gasteiger partial charge in [0.05, 0.1) is 17.1 Å². The lowest BCUT2D eigenvalue weighted by molar-refractivity contribution is 0.0724. The molecule has 0 atom stereocenters. The second kappa shape index (κ2) is 8.96. The number of benzene rings is 1. The number of fused-ring (bicyclic) bond motifs is 1. The van der Waals surface area contributed by atoms with E-state index >= 15 is 0 Å². The van der Waals surface area contributed by atoms with Crippen LogP contribution < -0.4 is 5.32 Å². The van der Waals surface area contributed by atoms with Crippen molar-refractivity contribution in [2.24, 2.45) is 0 Å². The first kappa shape index (κ1) is 21.6. The zero-order valence-corrected chi connectivity index (χ0v) is 19.4. The van der Waals surface area contributed by atoms with Crippen molar-refractivity contribution in [2.45, 2.75) is 64.5 Å². The van der Waals surface area contributed by atoms with E-state index in [2.05, 4.69) is 24.3 Å². The molecule has 172 valence electrons. The minimum atomic E-state index is -0.124. The molecule has 7 heteroatoms. The summed E-state index contributed by atoms with van der Waals surface area (Å²) in [6.45, 7) is 6.22. The maximum atomic E-state index is 13.2. The van der Waals surface area contributed by atoms with Crippen molar-refractivity contribution in [1.29, 1.82) is 0 Å². The second-order valence-electron chi connectivity index (χ2n) is 9.52. The van der Waals surface area contributed by atoms with Crippen LogP contribution in [-0.4, -0.2) is 44.6 Å². The lowest BCUT2D eigenvalue weighted by Crippen LogP contribution is -2.35. The van der Waals surface area contributed by atoms with Crippen LogP contribution in [0.4, 0.5) is 0 Å². The topological polar surface area (TPSA) is 80.1 Å². The smallest absolute Gasteiger partial charge is 0.253 e. The van der Waals surface area contributed by atoms with Crippen molar-refractivity contribution in [3.63, 3.8) is 0 Å². The molecule has 1 saturated carbocycles. The fourth-order valence-electron chi connectivity index (χ4n) is 4.51. The molecule has 2 amide bonds. The average Bonchev–Trinajstić information content (AvgIpc) is 3.61. The van der Waals surface area contributed by atoms with Crippen LogP contribution in [0.2, 0.25) is 0 Å². The van der Waals surface area contributed by atoms with Gasteiger partial charge in [-0.05, 0) is 69.7 Å². The predicted octanol–water partition coefficient (Wildman–Crippen LogP) is 4.45. The molecule has 0 unspecified atom stereocenters. The van der Waals surface area contributed by atoms with Crippen LogP contribution in [0.1, 0.15) is 89.9 Å². The highest BCUT2D eigenvalue weighted by Gasteiger charge is 2.28. The third-order valence-corrected chi connectivity index (χ3v) is 6.61. The van der Waals surface area contributed by atoms with Crippen LogP contribution in [0.3, 0.4) is 0 Å². The monoisotopic (exact) mass is 445 g/mol. The molecule has 3 aromatic rings. The summed E-state index contributed by atoms with van der Waals surface area (Å²) >= 11 is 0. The number of likely N-dealkylation sites (tertiary alicyclic amines) is 1. The van der Waals surface area contributed by atoms with Gasteiger partial charge in [0.2, 0.25) is 0 Å². The molecule has 1 aliphatic heterocycles. The molecule has 2 fully saturated rings. The van der Waals surface area contributed by atoms with Crippen molar-refractivity contribution in [3.8, 4) is 0 Å². The number of aromatic nitrogens is 3. The highest BCUT2D eigenvalue weighted by atomic mass is 16.2. The van der Waals surface area contributed by atoms with Crippen molar-refractivity contribution in [2.75, 3.05) is 13.1 Å². The molecule has 5 rings (SSSR count). The summed E-state index contributed by atoms with van der Waals surface area (Å²) in [6.07, 6.45) is 7.35. The van der Waals surface area contributed by atoms with Gasteiger partial charge in [0.25, 0.3) is 11.8 Å². The van der Waals surface area contributed by atoms with Crippen LogP contribution in [-0.2, 0) is 6.54 Å². The molecule has 3 heterocycles. The molecule has 2 aliphatic rings. The summed E-state index contributed by atoms with van der Waals surface area (Å²) in [7, 11) is 0. The van der Waals surface area contributed by atoms with Crippen LogP contribution in [0, 0.1) is 0 Å². The minimum Gasteiger partial charge on any atom is -0.348 e. The lowest BCUT2D eigenvalue weighted by atomic mass is 10.1. The highest BCUT2D eigenvalue weighted by Crippen LogP contribution is 2.40. The molecule has 0 radical (unpaired) electrons. The standard InChI is InChI=1S/C26H31N5O2/c1-17(2)31-24-22(16-28-31)21(14-23(29-24)19-10-11-19)25(32)27-15-18-6-8-20(9-7-18)26(33)30-12-4-3-5-13-30/h6-9,14,16-17,19H,3-5,10-13,15H2,1-2H3,(H,27,32). The molecule has 1 N–H and O–H groups in total. The van der Waals surface area contributed by atoms with E-state index in [-0.39, 0.29) is 17.9 Å². The zero-order valence-electron chi connectivity index (χ0n) is 19.4. The number of pyridine rings is 1. The normalized spacial score (nSPS) is 16.4. The number of nitrogens with zero attached hydrogens (tertiary/aromatic N) is 4. The molecule has 1 saturated heterocycles. The predicted molar refractivity (Wildman–Crippen MR) is 127 cm³/mol.